The molecule has 0 radical (unpaired) electrons. The van der Waals surface area contributed by atoms with E-state index in [4.69, 9.17) is 4.74 Å². The molecule has 1 aromatic rings. The number of methoxy groups -OCH3 is 1. The molecule has 112 valence electrons. The predicted octanol–water partition coefficient (Wildman–Crippen LogP) is 1.12. The molecular formula is C16H20N2O3. The molecule has 1 aromatic carbocycles. The average Bonchev–Trinajstić information content (AvgIpc) is 3.27. The van der Waals surface area contributed by atoms with Crippen molar-refractivity contribution in [3.8, 4) is 5.75 Å². The van der Waals surface area contributed by atoms with Crippen LogP contribution in [0.1, 0.15) is 24.8 Å². The fourth-order valence-corrected chi connectivity index (χ4v) is 2.71. The van der Waals surface area contributed by atoms with Crippen LogP contribution < -0.4 is 10.1 Å². The molecule has 1 heterocycles. The summed E-state index contributed by atoms with van der Waals surface area (Å²) < 4.78 is 5.12. The van der Waals surface area contributed by atoms with E-state index in [1.54, 1.807) is 7.11 Å². The molecule has 1 saturated carbocycles. The van der Waals surface area contributed by atoms with Gasteiger partial charge in [-0.3, -0.25) is 14.5 Å². The maximum Gasteiger partial charge on any atom is 0.247 e. The van der Waals surface area contributed by atoms with E-state index in [0.29, 0.717) is 13.0 Å². The van der Waals surface area contributed by atoms with Crippen molar-refractivity contribution in [1.82, 2.24) is 10.2 Å². The zero-order valence-corrected chi connectivity index (χ0v) is 12.2. The summed E-state index contributed by atoms with van der Waals surface area (Å²) in [4.78, 5) is 25.4. The van der Waals surface area contributed by atoms with Crippen molar-refractivity contribution in [3.05, 3.63) is 29.8 Å². The lowest BCUT2D eigenvalue weighted by Gasteiger charge is -2.14. The Morgan fingerprint density at radius 2 is 1.95 bits per heavy atom. The third-order valence-electron chi connectivity index (χ3n) is 4.06. The van der Waals surface area contributed by atoms with Gasteiger partial charge < -0.3 is 10.1 Å². The van der Waals surface area contributed by atoms with Crippen LogP contribution >= 0.6 is 0 Å². The highest BCUT2D eigenvalue weighted by Crippen LogP contribution is 2.31. The zero-order chi connectivity index (χ0) is 14.8. The third-order valence-corrected chi connectivity index (χ3v) is 4.06. The Hall–Kier alpha value is -1.88. The van der Waals surface area contributed by atoms with Crippen LogP contribution in [0.5, 0.6) is 5.75 Å². The van der Waals surface area contributed by atoms with Gasteiger partial charge in [-0.15, -0.1) is 0 Å². The number of amides is 2. The molecule has 21 heavy (non-hydrogen) atoms. The van der Waals surface area contributed by atoms with Gasteiger partial charge in [0.05, 0.1) is 19.6 Å². The summed E-state index contributed by atoms with van der Waals surface area (Å²) in [6, 6.07) is 7.72. The van der Waals surface area contributed by atoms with Gasteiger partial charge in [-0.2, -0.15) is 0 Å². The molecule has 0 aromatic heterocycles. The molecule has 2 amide bonds. The number of rotatable bonds is 6. The fraction of sp³-hybridized carbons (Fsp3) is 0.500. The van der Waals surface area contributed by atoms with Crippen LogP contribution in [0.4, 0.5) is 0 Å². The Kier molecular flexibility index (Phi) is 3.92. The van der Waals surface area contributed by atoms with E-state index in [-0.39, 0.29) is 23.9 Å². The first kappa shape index (κ1) is 14.1. The van der Waals surface area contributed by atoms with Gasteiger partial charge in [0.25, 0.3) is 0 Å². The van der Waals surface area contributed by atoms with Crippen molar-refractivity contribution in [3.63, 3.8) is 0 Å². The maximum absolute atomic E-state index is 12.1. The number of hydrogen-bond donors (Lipinski definition) is 1. The lowest BCUT2D eigenvalue weighted by molar-refractivity contribution is -0.139. The van der Waals surface area contributed by atoms with E-state index in [9.17, 15) is 9.59 Å². The van der Waals surface area contributed by atoms with Crippen molar-refractivity contribution in [1.29, 1.82) is 0 Å². The normalized spacial score (nSPS) is 22.0. The van der Waals surface area contributed by atoms with Crippen molar-refractivity contribution in [2.24, 2.45) is 0 Å². The highest BCUT2D eigenvalue weighted by Gasteiger charge is 2.45. The molecule has 1 unspecified atom stereocenters. The highest BCUT2D eigenvalue weighted by atomic mass is 16.5. The number of ether oxygens (including phenoxy) is 1. The van der Waals surface area contributed by atoms with Crippen LogP contribution in [0.2, 0.25) is 0 Å². The van der Waals surface area contributed by atoms with Gasteiger partial charge in [-0.05, 0) is 43.5 Å². The topological polar surface area (TPSA) is 58.6 Å². The zero-order valence-electron chi connectivity index (χ0n) is 12.2. The summed E-state index contributed by atoms with van der Waals surface area (Å²) in [6.07, 6.45) is 3.06. The Labute approximate surface area is 124 Å². The minimum absolute atomic E-state index is 0.0237. The molecular weight excluding hydrogens is 268 g/mol. The summed E-state index contributed by atoms with van der Waals surface area (Å²) in [5.41, 5.74) is 1.18. The van der Waals surface area contributed by atoms with Crippen molar-refractivity contribution in [2.75, 3.05) is 13.7 Å². The van der Waals surface area contributed by atoms with Crippen LogP contribution in [-0.2, 0) is 16.0 Å². The van der Waals surface area contributed by atoms with E-state index in [0.717, 1.165) is 25.0 Å². The number of benzene rings is 1. The molecule has 5 nitrogen and oxygen atoms in total. The van der Waals surface area contributed by atoms with Crippen molar-refractivity contribution < 1.29 is 14.3 Å². The minimum Gasteiger partial charge on any atom is -0.497 e. The Balaban J connectivity index is 1.49. The highest BCUT2D eigenvalue weighted by molar-refractivity contribution is 6.06. The number of carbonyl (C=O) groups is 2. The summed E-state index contributed by atoms with van der Waals surface area (Å²) in [6.45, 7) is 0.689. The number of nitrogens with one attached hydrogen (secondary N) is 1. The fourth-order valence-electron chi connectivity index (χ4n) is 2.71. The molecule has 0 spiro atoms. The van der Waals surface area contributed by atoms with Gasteiger partial charge in [0, 0.05) is 6.04 Å². The van der Waals surface area contributed by atoms with Gasteiger partial charge in [0.15, 0.2) is 0 Å². The number of carbonyl (C=O) groups excluding carboxylic acids is 2. The first-order valence-corrected chi connectivity index (χ1v) is 7.41. The van der Waals surface area contributed by atoms with E-state index in [1.807, 2.05) is 24.3 Å². The van der Waals surface area contributed by atoms with Crippen molar-refractivity contribution >= 4 is 11.8 Å². The number of hydrogen-bond acceptors (Lipinski definition) is 4. The molecule has 5 heteroatoms. The van der Waals surface area contributed by atoms with Gasteiger partial charge in [-0.25, -0.2) is 0 Å². The molecule has 2 fully saturated rings. The predicted molar refractivity (Wildman–Crippen MR) is 78.0 cm³/mol. The first-order chi connectivity index (χ1) is 10.2. The Morgan fingerprint density at radius 3 is 2.57 bits per heavy atom. The van der Waals surface area contributed by atoms with Gasteiger partial charge >= 0.3 is 0 Å². The Bertz CT molecular complexity index is 537. The molecule has 1 aliphatic heterocycles. The van der Waals surface area contributed by atoms with Crippen LogP contribution in [0, 0.1) is 0 Å². The van der Waals surface area contributed by atoms with Gasteiger partial charge in [0.2, 0.25) is 11.8 Å². The van der Waals surface area contributed by atoms with E-state index < -0.39 is 0 Å². The first-order valence-electron chi connectivity index (χ1n) is 7.41. The average molecular weight is 288 g/mol. The molecule has 1 N–H and O–H groups in total. The largest absolute Gasteiger partial charge is 0.497 e. The summed E-state index contributed by atoms with van der Waals surface area (Å²) in [5.74, 6) is 0.769. The second kappa shape index (κ2) is 5.85. The molecule has 3 rings (SSSR count). The standard InChI is InChI=1S/C16H20N2O3/c1-21-13-6-2-11(3-7-13)8-9-17-14-10-15(19)18(16(14)20)12-4-5-12/h2-3,6-7,12,14,17H,4-5,8-10H2,1H3. The van der Waals surface area contributed by atoms with Gasteiger partial charge in [-0.1, -0.05) is 12.1 Å². The van der Waals surface area contributed by atoms with E-state index in [2.05, 4.69) is 5.32 Å². The third kappa shape index (κ3) is 3.08. The van der Waals surface area contributed by atoms with E-state index >= 15 is 0 Å². The van der Waals surface area contributed by atoms with Crippen LogP contribution in [0.15, 0.2) is 24.3 Å². The summed E-state index contributed by atoms with van der Waals surface area (Å²) in [7, 11) is 1.64. The molecule has 1 atom stereocenters. The Morgan fingerprint density at radius 1 is 1.24 bits per heavy atom. The van der Waals surface area contributed by atoms with E-state index in [1.165, 1.54) is 10.5 Å². The molecule has 0 bridgehead atoms. The second-order valence-corrected chi connectivity index (χ2v) is 5.64. The SMILES string of the molecule is COc1ccc(CCNC2CC(=O)N(C3CC3)C2=O)cc1. The smallest absolute Gasteiger partial charge is 0.247 e. The second-order valence-electron chi connectivity index (χ2n) is 5.64. The monoisotopic (exact) mass is 288 g/mol. The lowest BCUT2D eigenvalue weighted by Crippen LogP contribution is -2.40. The molecule has 2 aliphatic rings. The summed E-state index contributed by atoms with van der Waals surface area (Å²) in [5, 5.41) is 3.21. The van der Waals surface area contributed by atoms with Gasteiger partial charge in [0.1, 0.15) is 5.75 Å². The van der Waals surface area contributed by atoms with Crippen molar-refractivity contribution in [2.45, 2.75) is 37.8 Å². The molecule has 1 saturated heterocycles. The quantitative estimate of drug-likeness (QED) is 0.797. The lowest BCUT2D eigenvalue weighted by atomic mass is 10.1. The number of imide groups is 1. The van der Waals surface area contributed by atoms with Crippen LogP contribution in [0.25, 0.3) is 0 Å². The van der Waals surface area contributed by atoms with Crippen LogP contribution in [0.3, 0.4) is 0 Å². The number of likely N-dealkylation sites (tertiary alicyclic amines) is 1. The maximum atomic E-state index is 12.1. The van der Waals surface area contributed by atoms with Crippen LogP contribution in [-0.4, -0.2) is 42.5 Å². The summed E-state index contributed by atoms with van der Waals surface area (Å²) >= 11 is 0. The number of nitrogens with zero attached hydrogens (tertiary/aromatic N) is 1. The molecule has 1 aliphatic carbocycles. The minimum atomic E-state index is -0.337.